The van der Waals surface area contributed by atoms with E-state index in [-0.39, 0.29) is 42.3 Å². The summed E-state index contributed by atoms with van der Waals surface area (Å²) in [6, 6.07) is 10.1. The van der Waals surface area contributed by atoms with Crippen molar-refractivity contribution in [2.75, 3.05) is 38.6 Å². The highest BCUT2D eigenvalue weighted by atomic mass is 32.2. The topological polar surface area (TPSA) is 109 Å². The van der Waals surface area contributed by atoms with Crippen LogP contribution >= 0.6 is 0 Å². The molecule has 172 valence electrons. The minimum Gasteiger partial charge on any atom is -0.497 e. The molecule has 3 rings (SSSR count). The Hall–Kier alpha value is -2.98. The number of hydrogen-bond donors (Lipinski definition) is 1. The van der Waals surface area contributed by atoms with E-state index >= 15 is 0 Å². The molecule has 0 atom stereocenters. The molecule has 10 heteroatoms. The van der Waals surface area contributed by atoms with Crippen LogP contribution in [-0.2, 0) is 19.6 Å². The number of methoxy groups -OCH3 is 1. The third-order valence-corrected chi connectivity index (χ3v) is 7.34. The Morgan fingerprint density at radius 3 is 2.59 bits per heavy atom. The van der Waals surface area contributed by atoms with Gasteiger partial charge in [-0.1, -0.05) is 6.07 Å². The van der Waals surface area contributed by atoms with Crippen LogP contribution in [0.15, 0.2) is 53.7 Å². The molecule has 1 aliphatic heterocycles. The third kappa shape index (κ3) is 5.63. The van der Waals surface area contributed by atoms with Crippen molar-refractivity contribution >= 4 is 27.5 Å². The number of sulfonamides is 1. The molecular weight excluding hydrogens is 432 g/mol. The summed E-state index contributed by atoms with van der Waals surface area (Å²) >= 11 is 0. The minimum absolute atomic E-state index is 0.0687. The molecule has 1 aromatic heterocycles. The lowest BCUT2D eigenvalue weighted by molar-refractivity contribution is -0.139. The van der Waals surface area contributed by atoms with Gasteiger partial charge in [-0.3, -0.25) is 14.6 Å². The summed E-state index contributed by atoms with van der Waals surface area (Å²) in [6.45, 7) is 2.64. The SMILES string of the molecule is CCN(CC(=O)Nc1cccc(OC)c1)C(=O)C1CCN(S(=O)(=O)c2cccnc2)CC1. The second kappa shape index (κ2) is 10.6. The van der Waals surface area contributed by atoms with Crippen LogP contribution < -0.4 is 10.1 Å². The van der Waals surface area contributed by atoms with E-state index in [4.69, 9.17) is 4.74 Å². The van der Waals surface area contributed by atoms with Crippen LogP contribution in [0.25, 0.3) is 0 Å². The minimum atomic E-state index is -3.62. The largest absolute Gasteiger partial charge is 0.497 e. The van der Waals surface area contributed by atoms with Gasteiger partial charge in [0.2, 0.25) is 21.8 Å². The number of rotatable bonds is 8. The molecule has 0 spiro atoms. The van der Waals surface area contributed by atoms with Crippen LogP contribution in [0.4, 0.5) is 5.69 Å². The highest BCUT2D eigenvalue weighted by Gasteiger charge is 2.34. The van der Waals surface area contributed by atoms with Gasteiger partial charge >= 0.3 is 0 Å². The fourth-order valence-electron chi connectivity index (χ4n) is 3.67. The van der Waals surface area contributed by atoms with Crippen LogP contribution in [0.1, 0.15) is 19.8 Å². The number of hydrogen-bond acceptors (Lipinski definition) is 6. The molecular formula is C22H28N4O5S. The molecule has 0 unspecified atom stereocenters. The average Bonchev–Trinajstić information content (AvgIpc) is 2.82. The van der Waals surface area contributed by atoms with Gasteiger partial charge in [0, 0.05) is 49.7 Å². The number of nitrogens with zero attached hydrogens (tertiary/aromatic N) is 3. The Balaban J connectivity index is 1.56. The lowest BCUT2D eigenvalue weighted by Gasteiger charge is -2.33. The molecule has 0 aliphatic carbocycles. The molecule has 9 nitrogen and oxygen atoms in total. The number of ether oxygens (including phenoxy) is 1. The number of amides is 2. The van der Waals surface area contributed by atoms with Gasteiger partial charge in [-0.15, -0.1) is 0 Å². The molecule has 2 aromatic rings. The van der Waals surface area contributed by atoms with Crippen LogP contribution in [0.2, 0.25) is 0 Å². The lowest BCUT2D eigenvalue weighted by atomic mass is 9.96. The van der Waals surface area contributed by atoms with Gasteiger partial charge in [0.1, 0.15) is 10.6 Å². The molecule has 2 amide bonds. The summed E-state index contributed by atoms with van der Waals surface area (Å²) in [6.07, 6.45) is 3.67. The highest BCUT2D eigenvalue weighted by molar-refractivity contribution is 7.89. The predicted molar refractivity (Wildman–Crippen MR) is 120 cm³/mol. The maximum absolute atomic E-state index is 13.0. The van der Waals surface area contributed by atoms with E-state index in [1.807, 2.05) is 6.92 Å². The molecule has 1 N–H and O–H groups in total. The molecule has 0 bridgehead atoms. The smallest absolute Gasteiger partial charge is 0.244 e. The fraction of sp³-hybridized carbons (Fsp3) is 0.409. The Kier molecular flexibility index (Phi) is 7.81. The van der Waals surface area contributed by atoms with Crippen molar-refractivity contribution in [1.29, 1.82) is 0 Å². The Morgan fingerprint density at radius 1 is 1.22 bits per heavy atom. The number of pyridine rings is 1. The normalized spacial score (nSPS) is 15.2. The maximum Gasteiger partial charge on any atom is 0.244 e. The Morgan fingerprint density at radius 2 is 1.97 bits per heavy atom. The van der Waals surface area contributed by atoms with Gasteiger partial charge in [-0.05, 0) is 44.0 Å². The van der Waals surface area contributed by atoms with E-state index in [9.17, 15) is 18.0 Å². The van der Waals surface area contributed by atoms with Crippen molar-refractivity contribution in [2.24, 2.45) is 5.92 Å². The molecule has 32 heavy (non-hydrogen) atoms. The first-order valence-electron chi connectivity index (χ1n) is 10.5. The van der Waals surface area contributed by atoms with Crippen LogP contribution in [0.3, 0.4) is 0 Å². The van der Waals surface area contributed by atoms with E-state index in [2.05, 4.69) is 10.3 Å². The number of aromatic nitrogens is 1. The van der Waals surface area contributed by atoms with Gasteiger partial charge in [0.05, 0.1) is 13.7 Å². The van der Waals surface area contributed by atoms with Crippen molar-refractivity contribution < 1.29 is 22.7 Å². The molecule has 2 heterocycles. The summed E-state index contributed by atoms with van der Waals surface area (Å²) in [5.41, 5.74) is 0.590. The molecule has 1 fully saturated rings. The zero-order valence-electron chi connectivity index (χ0n) is 18.2. The Labute approximate surface area is 188 Å². The predicted octanol–water partition coefficient (Wildman–Crippen LogP) is 1.98. The van der Waals surface area contributed by atoms with Crippen LogP contribution in [-0.4, -0.2) is 67.7 Å². The first-order chi connectivity index (χ1) is 15.3. The van der Waals surface area contributed by atoms with Crippen molar-refractivity contribution in [3.05, 3.63) is 48.8 Å². The molecule has 1 aromatic carbocycles. The summed E-state index contributed by atoms with van der Waals surface area (Å²) in [5.74, 6) is -0.129. The molecule has 1 saturated heterocycles. The quantitative estimate of drug-likeness (QED) is 0.645. The Bertz CT molecular complexity index is 1040. The van der Waals surface area contributed by atoms with Crippen LogP contribution in [0, 0.1) is 5.92 Å². The van der Waals surface area contributed by atoms with Crippen molar-refractivity contribution in [1.82, 2.24) is 14.2 Å². The van der Waals surface area contributed by atoms with Gasteiger partial charge in [0.25, 0.3) is 0 Å². The lowest BCUT2D eigenvalue weighted by Crippen LogP contribution is -2.46. The summed E-state index contributed by atoms with van der Waals surface area (Å²) in [7, 11) is -2.08. The number of carbonyl (C=O) groups is 2. The van der Waals surface area contributed by atoms with Crippen molar-refractivity contribution in [3.8, 4) is 5.75 Å². The van der Waals surface area contributed by atoms with E-state index < -0.39 is 10.0 Å². The first-order valence-corrected chi connectivity index (χ1v) is 11.9. The van der Waals surface area contributed by atoms with Gasteiger partial charge in [0.15, 0.2) is 0 Å². The molecule has 0 saturated carbocycles. The second-order valence-electron chi connectivity index (χ2n) is 7.50. The van der Waals surface area contributed by atoms with Gasteiger partial charge < -0.3 is 15.0 Å². The number of nitrogens with one attached hydrogen (secondary N) is 1. The number of carbonyl (C=O) groups excluding carboxylic acids is 2. The summed E-state index contributed by atoms with van der Waals surface area (Å²) < 4.78 is 32.0. The number of anilines is 1. The zero-order chi connectivity index (χ0) is 23.1. The van der Waals surface area contributed by atoms with Gasteiger partial charge in [-0.25, -0.2) is 8.42 Å². The van der Waals surface area contributed by atoms with E-state index in [0.29, 0.717) is 30.8 Å². The summed E-state index contributed by atoms with van der Waals surface area (Å²) in [4.78, 5) is 31.0. The van der Waals surface area contributed by atoms with E-state index in [1.165, 1.54) is 27.7 Å². The average molecular weight is 461 g/mol. The van der Waals surface area contributed by atoms with Crippen LogP contribution in [0.5, 0.6) is 5.75 Å². The molecule has 1 aliphatic rings. The van der Waals surface area contributed by atoms with Crippen molar-refractivity contribution in [2.45, 2.75) is 24.7 Å². The zero-order valence-corrected chi connectivity index (χ0v) is 19.0. The fourth-order valence-corrected chi connectivity index (χ4v) is 5.10. The number of piperidine rings is 1. The van der Waals surface area contributed by atoms with E-state index in [0.717, 1.165) is 0 Å². The van der Waals surface area contributed by atoms with E-state index in [1.54, 1.807) is 37.4 Å². The monoisotopic (exact) mass is 460 g/mol. The summed E-state index contributed by atoms with van der Waals surface area (Å²) in [5, 5.41) is 2.78. The number of likely N-dealkylation sites (N-methyl/N-ethyl adjacent to an activating group) is 1. The third-order valence-electron chi connectivity index (χ3n) is 5.46. The second-order valence-corrected chi connectivity index (χ2v) is 9.44. The van der Waals surface area contributed by atoms with Gasteiger partial charge in [-0.2, -0.15) is 4.31 Å². The first kappa shape index (κ1) is 23.7. The standard InChI is InChI=1S/C22H28N4O5S/c1-3-25(16-21(27)24-18-6-4-7-19(14-18)31-2)22(28)17-9-12-26(13-10-17)32(29,30)20-8-5-11-23-15-20/h4-8,11,14-15,17H,3,9-10,12-13,16H2,1-2H3,(H,24,27). The highest BCUT2D eigenvalue weighted by Crippen LogP contribution is 2.25. The maximum atomic E-state index is 13.0. The molecule has 0 radical (unpaired) electrons. The van der Waals surface area contributed by atoms with Crippen molar-refractivity contribution in [3.63, 3.8) is 0 Å². The number of benzene rings is 1.